The Morgan fingerprint density at radius 3 is 2.23 bits per heavy atom. The van der Waals surface area contributed by atoms with E-state index in [0.717, 1.165) is 0 Å². The second-order valence-electron chi connectivity index (χ2n) is 13.5. The average Bonchev–Trinajstić information content (AvgIpc) is 3.74. The van der Waals surface area contributed by atoms with E-state index in [4.69, 9.17) is 32.8 Å². The van der Waals surface area contributed by atoms with E-state index in [1.54, 1.807) is 6.92 Å². The first kappa shape index (κ1) is 30.6. The van der Waals surface area contributed by atoms with Gasteiger partial charge in [-0.3, -0.25) is 4.79 Å². The second kappa shape index (κ2) is 10.2. The summed E-state index contributed by atoms with van der Waals surface area (Å²) in [5.41, 5.74) is -1.96. The number of carbonyl (C=O) groups excluding carboxylic acids is 1. The maximum absolute atomic E-state index is 13.5. The molecule has 0 spiro atoms. The highest BCUT2D eigenvalue weighted by Gasteiger charge is 2.80. The quantitative estimate of drug-likeness (QED) is 0.149. The molecule has 44 heavy (non-hydrogen) atoms. The van der Waals surface area contributed by atoms with Crippen LogP contribution in [0.2, 0.25) is 0 Å². The summed E-state index contributed by atoms with van der Waals surface area (Å²) < 4.78 is 40.6. The standard InChI is InChI=1S/C29H38O15/c1-8(2)18-13-9(5-12(31)41-18)28(3)22-20(44-27(37)29(22,4)23(36)21-24(28)42-21)19(13)43-26-17(35)15(33)11(7-39-26)40-25-16(34)14(32)10(30)6-38-25/h5,8,10-11,14-17,19-26,30,32-36H,6-7H2,1-4H3/t10-,11+,14-,15-,16+,17+,19+,20+,21+,22+,23-,24+,25-,26-,28+,29+/m0/s1. The lowest BCUT2D eigenvalue weighted by molar-refractivity contribution is -0.336. The van der Waals surface area contributed by atoms with Crippen LogP contribution in [0, 0.1) is 11.3 Å². The molecule has 4 aliphatic heterocycles. The average molecular weight is 627 g/mol. The van der Waals surface area contributed by atoms with Gasteiger partial charge >= 0.3 is 11.6 Å². The third-order valence-corrected chi connectivity index (χ3v) is 10.5. The molecule has 4 saturated heterocycles. The Morgan fingerprint density at radius 1 is 0.864 bits per heavy atom. The Kier molecular flexibility index (Phi) is 7.13. The number of aliphatic hydroxyl groups excluding tert-OH is 6. The number of hydrogen-bond donors (Lipinski definition) is 6. The Labute approximate surface area is 251 Å². The normalized spacial score (nSPS) is 50.9. The van der Waals surface area contributed by atoms with Crippen molar-refractivity contribution in [1.29, 1.82) is 0 Å². The van der Waals surface area contributed by atoms with Crippen molar-refractivity contribution >= 4 is 5.97 Å². The monoisotopic (exact) mass is 626 g/mol. The SMILES string of the molecule is CC(C)c1oc(=O)cc2c1[C@@H](O[C@@H]1OC[C@@H](O[C@@H]3OC[C@H](O)[C@H](O)[C@H]3O)[C@H](O)[C@H]1O)[C@H]1OC(=O)[C@@]3(C)[C@@H](O)[C@H]4O[C@H]4[C@@]2(C)[C@@H]13. The lowest BCUT2D eigenvalue weighted by atomic mass is 9.48. The molecular formula is C29H38O15. The van der Waals surface area contributed by atoms with Gasteiger partial charge in [0.05, 0.1) is 25.4 Å². The smallest absolute Gasteiger partial charge is 0.336 e. The van der Waals surface area contributed by atoms with E-state index in [0.29, 0.717) is 16.9 Å². The van der Waals surface area contributed by atoms with E-state index >= 15 is 0 Å². The van der Waals surface area contributed by atoms with Crippen molar-refractivity contribution in [2.75, 3.05) is 13.2 Å². The number of ether oxygens (including phenoxy) is 6. The number of rotatable bonds is 5. The van der Waals surface area contributed by atoms with Gasteiger partial charge < -0.3 is 63.5 Å². The van der Waals surface area contributed by atoms with Gasteiger partial charge in [0.1, 0.15) is 66.1 Å². The highest BCUT2D eigenvalue weighted by molar-refractivity contribution is 5.82. The van der Waals surface area contributed by atoms with Gasteiger partial charge in [0.2, 0.25) is 0 Å². The molecule has 6 N–H and O–H groups in total. The third kappa shape index (κ3) is 4.08. The zero-order valence-corrected chi connectivity index (χ0v) is 24.5. The minimum Gasteiger partial charge on any atom is -0.458 e. The van der Waals surface area contributed by atoms with Crippen LogP contribution in [0.25, 0.3) is 0 Å². The van der Waals surface area contributed by atoms with Gasteiger partial charge in [-0.15, -0.1) is 0 Å². The van der Waals surface area contributed by atoms with Crippen molar-refractivity contribution in [3.8, 4) is 0 Å². The maximum atomic E-state index is 13.5. The van der Waals surface area contributed by atoms with Gasteiger partial charge in [-0.1, -0.05) is 20.8 Å². The first-order valence-electron chi connectivity index (χ1n) is 14.9. The molecule has 0 aromatic carbocycles. The minimum absolute atomic E-state index is 0.293. The second-order valence-corrected chi connectivity index (χ2v) is 13.5. The molecule has 7 rings (SSSR count). The number of carbonyl (C=O) groups is 1. The summed E-state index contributed by atoms with van der Waals surface area (Å²) in [4.78, 5) is 26.4. The molecule has 15 heteroatoms. The number of fused-ring (bicyclic) bond motifs is 4. The summed E-state index contributed by atoms with van der Waals surface area (Å²) in [6.45, 7) is 6.49. The van der Waals surface area contributed by atoms with E-state index in [2.05, 4.69) is 0 Å². The van der Waals surface area contributed by atoms with Crippen LogP contribution in [0.1, 0.15) is 56.6 Å². The van der Waals surface area contributed by atoms with E-state index in [-0.39, 0.29) is 19.1 Å². The fourth-order valence-corrected chi connectivity index (χ4v) is 8.20. The Morgan fingerprint density at radius 2 is 1.52 bits per heavy atom. The lowest BCUT2D eigenvalue weighted by Gasteiger charge is -2.53. The molecule has 1 aromatic heterocycles. The van der Waals surface area contributed by atoms with Gasteiger partial charge in [-0.2, -0.15) is 0 Å². The zero-order valence-electron chi connectivity index (χ0n) is 24.5. The van der Waals surface area contributed by atoms with Crippen molar-refractivity contribution in [2.45, 2.75) is 119 Å². The zero-order chi connectivity index (χ0) is 31.6. The largest absolute Gasteiger partial charge is 0.458 e. The van der Waals surface area contributed by atoms with Crippen LogP contribution in [-0.4, -0.2) is 123 Å². The van der Waals surface area contributed by atoms with E-state index in [1.807, 2.05) is 20.8 Å². The number of esters is 1. The molecule has 2 aliphatic carbocycles. The molecule has 6 aliphatic rings. The van der Waals surface area contributed by atoms with Crippen LogP contribution in [0.15, 0.2) is 15.3 Å². The number of epoxide rings is 1. The Balaban J connectivity index is 1.22. The van der Waals surface area contributed by atoms with Crippen molar-refractivity contribution < 1.29 is 68.3 Å². The highest BCUT2D eigenvalue weighted by Crippen LogP contribution is 2.69. The summed E-state index contributed by atoms with van der Waals surface area (Å²) in [5.74, 6) is -1.37. The molecule has 1 aromatic rings. The van der Waals surface area contributed by atoms with Crippen LogP contribution in [0.3, 0.4) is 0 Å². The Bertz CT molecular complexity index is 1380. The molecule has 5 fully saturated rings. The van der Waals surface area contributed by atoms with E-state index in [1.165, 1.54) is 6.07 Å². The van der Waals surface area contributed by atoms with Crippen LogP contribution < -0.4 is 5.63 Å². The number of hydrogen-bond acceptors (Lipinski definition) is 15. The van der Waals surface area contributed by atoms with Gasteiger partial charge in [0.25, 0.3) is 0 Å². The summed E-state index contributed by atoms with van der Waals surface area (Å²) in [7, 11) is 0. The summed E-state index contributed by atoms with van der Waals surface area (Å²) in [5, 5.41) is 63.2. The highest BCUT2D eigenvalue weighted by atomic mass is 16.7. The summed E-state index contributed by atoms with van der Waals surface area (Å²) >= 11 is 0. The first-order chi connectivity index (χ1) is 20.7. The molecule has 1 saturated carbocycles. The van der Waals surface area contributed by atoms with Crippen molar-refractivity contribution in [3.05, 3.63) is 33.4 Å². The van der Waals surface area contributed by atoms with Gasteiger partial charge in [-0.05, 0) is 12.5 Å². The summed E-state index contributed by atoms with van der Waals surface area (Å²) in [6.07, 6.45) is -16.4. The van der Waals surface area contributed by atoms with Gasteiger partial charge in [0, 0.05) is 28.9 Å². The fraction of sp³-hybridized carbons (Fsp3) is 0.793. The lowest BCUT2D eigenvalue weighted by Crippen LogP contribution is -2.63. The van der Waals surface area contributed by atoms with Crippen LogP contribution in [0.4, 0.5) is 0 Å². The van der Waals surface area contributed by atoms with E-state index in [9.17, 15) is 40.2 Å². The number of aliphatic hydroxyl groups is 6. The topological polar surface area (TPSA) is 227 Å². The van der Waals surface area contributed by atoms with Crippen molar-refractivity contribution in [3.63, 3.8) is 0 Å². The molecular weight excluding hydrogens is 588 g/mol. The molecule has 0 bridgehead atoms. The van der Waals surface area contributed by atoms with Gasteiger partial charge in [-0.25, -0.2) is 4.79 Å². The first-order valence-corrected chi connectivity index (χ1v) is 14.9. The predicted molar refractivity (Wildman–Crippen MR) is 141 cm³/mol. The third-order valence-electron chi connectivity index (χ3n) is 10.5. The van der Waals surface area contributed by atoms with Crippen LogP contribution >= 0.6 is 0 Å². The fourth-order valence-electron chi connectivity index (χ4n) is 8.20. The van der Waals surface area contributed by atoms with Crippen molar-refractivity contribution in [1.82, 2.24) is 0 Å². The van der Waals surface area contributed by atoms with Crippen LogP contribution in [0.5, 0.6) is 0 Å². The molecule has 15 nitrogen and oxygen atoms in total. The summed E-state index contributed by atoms with van der Waals surface area (Å²) in [6, 6.07) is 1.35. The maximum Gasteiger partial charge on any atom is 0.336 e. The van der Waals surface area contributed by atoms with E-state index < -0.39 is 108 Å². The Hall–Kier alpha value is -2.02. The molecule has 0 radical (unpaired) electrons. The van der Waals surface area contributed by atoms with Crippen molar-refractivity contribution in [2.24, 2.45) is 11.3 Å². The van der Waals surface area contributed by atoms with Crippen LogP contribution in [-0.2, 0) is 38.6 Å². The van der Waals surface area contributed by atoms with Gasteiger partial charge in [0.15, 0.2) is 12.6 Å². The molecule has 244 valence electrons. The molecule has 0 unspecified atom stereocenters. The molecule has 0 amide bonds. The minimum atomic E-state index is -1.71. The molecule has 16 atom stereocenters. The molecule has 5 heterocycles. The predicted octanol–water partition coefficient (Wildman–Crippen LogP) is -2.32.